The topological polar surface area (TPSA) is 88.3 Å². The molecule has 0 saturated heterocycles. The Kier molecular flexibility index (Phi) is 5.92. The second-order valence-electron chi connectivity index (χ2n) is 7.48. The lowest BCUT2D eigenvalue weighted by molar-refractivity contribution is -0.114. The maximum absolute atomic E-state index is 13.6. The number of H-pyrrole nitrogens is 1. The number of carbonyl (C=O) groups is 3. The van der Waals surface area contributed by atoms with Crippen molar-refractivity contribution >= 4 is 44.9 Å². The molecule has 0 unspecified atom stereocenters. The van der Waals surface area contributed by atoms with Crippen molar-refractivity contribution in [3.63, 3.8) is 0 Å². The molecule has 4 aromatic rings. The van der Waals surface area contributed by atoms with E-state index in [2.05, 4.69) is 10.3 Å². The van der Waals surface area contributed by atoms with Gasteiger partial charge < -0.3 is 15.0 Å². The van der Waals surface area contributed by atoms with Crippen LogP contribution in [0.2, 0.25) is 0 Å². The number of Topliss-reactive ketones (excluding diaryl/α,β-unsaturated/α-hetero) is 1. The minimum Gasteiger partial charge on any atom is -0.445 e. The molecule has 1 atom stereocenters. The molecule has 0 radical (unpaired) electrons. The smallest absolute Gasteiger partial charge is 0.342 e. The van der Waals surface area contributed by atoms with Crippen LogP contribution >= 0.6 is 11.3 Å². The lowest BCUT2D eigenvalue weighted by Gasteiger charge is -2.18. The summed E-state index contributed by atoms with van der Waals surface area (Å²) in [6.45, 7) is 5.05. The summed E-state index contributed by atoms with van der Waals surface area (Å²) in [6.07, 6.45) is 0.507. The van der Waals surface area contributed by atoms with Crippen molar-refractivity contribution in [2.24, 2.45) is 0 Å². The van der Waals surface area contributed by atoms with Crippen LogP contribution in [0.4, 0.5) is 5.00 Å². The number of anilines is 1. The van der Waals surface area contributed by atoms with E-state index in [1.807, 2.05) is 37.3 Å². The molecule has 7 heteroatoms. The van der Waals surface area contributed by atoms with E-state index in [1.54, 1.807) is 37.4 Å². The molecule has 4 rings (SSSR count). The number of rotatable bonds is 6. The summed E-state index contributed by atoms with van der Waals surface area (Å²) >= 11 is 1.31. The first-order chi connectivity index (χ1) is 15.4. The third kappa shape index (κ3) is 4.07. The van der Waals surface area contributed by atoms with Crippen molar-refractivity contribution in [2.45, 2.75) is 26.9 Å². The number of amides is 1. The monoisotopic (exact) mass is 446 g/mol. The molecule has 0 aliphatic rings. The molecule has 2 heterocycles. The molecule has 0 aliphatic heterocycles. The summed E-state index contributed by atoms with van der Waals surface area (Å²) < 4.78 is 5.83. The van der Waals surface area contributed by atoms with Gasteiger partial charge in [-0.15, -0.1) is 11.3 Å². The maximum Gasteiger partial charge on any atom is 0.342 e. The molecule has 2 aromatic heterocycles. The molecule has 32 heavy (non-hydrogen) atoms. The standard InChI is InChI=1S/C25H22N2O4S/c1-14-15(2)32-24(27-16(3)28)21(14)25(30)31-23(17-9-5-4-6-10-17)22(29)19-13-26-20-12-8-7-11-18(19)20/h4-13,23,26H,1-3H3,(H,27,28)/t23-/m0/s1. The number of ether oxygens (including phenoxy) is 1. The Morgan fingerprint density at radius 3 is 2.41 bits per heavy atom. The molecule has 0 aliphatic carbocycles. The predicted octanol–water partition coefficient (Wildman–Crippen LogP) is 5.59. The van der Waals surface area contributed by atoms with Gasteiger partial charge in [-0.05, 0) is 25.5 Å². The van der Waals surface area contributed by atoms with Gasteiger partial charge in [-0.1, -0.05) is 48.5 Å². The third-order valence-electron chi connectivity index (χ3n) is 5.30. The fraction of sp³-hybridized carbons (Fsp3) is 0.160. The highest BCUT2D eigenvalue weighted by molar-refractivity contribution is 7.16. The summed E-state index contributed by atoms with van der Waals surface area (Å²) in [5, 5.41) is 3.88. The third-order valence-corrected chi connectivity index (χ3v) is 6.42. The molecular formula is C25H22N2O4S. The van der Waals surface area contributed by atoms with Crippen LogP contribution in [0.15, 0.2) is 60.8 Å². The maximum atomic E-state index is 13.6. The van der Waals surface area contributed by atoms with Crippen LogP contribution in [-0.2, 0) is 9.53 Å². The van der Waals surface area contributed by atoms with Gasteiger partial charge in [0.25, 0.3) is 0 Å². The van der Waals surface area contributed by atoms with Gasteiger partial charge in [0.15, 0.2) is 6.10 Å². The first-order valence-corrected chi connectivity index (χ1v) is 10.9. The fourth-order valence-electron chi connectivity index (χ4n) is 3.60. The van der Waals surface area contributed by atoms with Crippen LogP contribution in [-0.4, -0.2) is 22.6 Å². The van der Waals surface area contributed by atoms with Crippen LogP contribution in [0.3, 0.4) is 0 Å². The number of fused-ring (bicyclic) bond motifs is 1. The average molecular weight is 447 g/mol. The minimum atomic E-state index is -1.13. The SMILES string of the molecule is CC(=O)Nc1sc(C)c(C)c1C(=O)O[C@H](C(=O)c1c[nH]c2ccccc12)c1ccccc1. The molecule has 2 N–H and O–H groups in total. The van der Waals surface area contributed by atoms with Crippen molar-refractivity contribution in [2.75, 3.05) is 5.32 Å². The average Bonchev–Trinajstić information content (AvgIpc) is 3.32. The molecule has 0 spiro atoms. The Bertz CT molecular complexity index is 1320. The van der Waals surface area contributed by atoms with Gasteiger partial charge >= 0.3 is 5.97 Å². The molecule has 162 valence electrons. The Labute approximate surface area is 189 Å². The highest BCUT2D eigenvalue weighted by Crippen LogP contribution is 2.35. The predicted molar refractivity (Wildman–Crippen MR) is 125 cm³/mol. The van der Waals surface area contributed by atoms with Gasteiger partial charge in [-0.25, -0.2) is 4.79 Å². The summed E-state index contributed by atoms with van der Waals surface area (Å²) in [7, 11) is 0. The summed E-state index contributed by atoms with van der Waals surface area (Å²) in [5.41, 5.74) is 2.83. The lowest BCUT2D eigenvalue weighted by Crippen LogP contribution is -2.21. The first kappa shape index (κ1) is 21.5. The number of ketones is 1. The van der Waals surface area contributed by atoms with E-state index < -0.39 is 12.1 Å². The van der Waals surface area contributed by atoms with Gasteiger partial charge in [0, 0.05) is 40.0 Å². The van der Waals surface area contributed by atoms with Gasteiger partial charge in [-0.2, -0.15) is 0 Å². The Morgan fingerprint density at radius 1 is 1.00 bits per heavy atom. The minimum absolute atomic E-state index is 0.273. The van der Waals surface area contributed by atoms with E-state index in [-0.39, 0.29) is 17.3 Å². The number of nitrogens with one attached hydrogen (secondary N) is 2. The Morgan fingerprint density at radius 2 is 1.69 bits per heavy atom. The quantitative estimate of drug-likeness (QED) is 0.299. The van der Waals surface area contributed by atoms with Crippen molar-refractivity contribution in [3.8, 4) is 0 Å². The van der Waals surface area contributed by atoms with Gasteiger partial charge in [0.2, 0.25) is 11.7 Å². The summed E-state index contributed by atoms with van der Waals surface area (Å²) in [4.78, 5) is 42.5. The number of aromatic amines is 1. The number of para-hydroxylation sites is 1. The van der Waals surface area contributed by atoms with Crippen molar-refractivity contribution in [1.82, 2.24) is 4.98 Å². The van der Waals surface area contributed by atoms with E-state index in [0.717, 1.165) is 21.3 Å². The zero-order valence-electron chi connectivity index (χ0n) is 17.9. The molecule has 1 amide bonds. The van der Waals surface area contributed by atoms with Crippen LogP contribution in [0.25, 0.3) is 10.9 Å². The zero-order chi connectivity index (χ0) is 22.8. The van der Waals surface area contributed by atoms with Crippen LogP contribution in [0, 0.1) is 13.8 Å². The van der Waals surface area contributed by atoms with E-state index in [0.29, 0.717) is 16.1 Å². The Hall–Kier alpha value is -3.71. The first-order valence-electron chi connectivity index (χ1n) is 10.1. The number of esters is 1. The van der Waals surface area contributed by atoms with Gasteiger partial charge in [-0.3, -0.25) is 9.59 Å². The van der Waals surface area contributed by atoms with Gasteiger partial charge in [0.1, 0.15) is 5.00 Å². The second kappa shape index (κ2) is 8.80. The highest BCUT2D eigenvalue weighted by atomic mass is 32.1. The normalized spacial score (nSPS) is 11.8. The van der Waals surface area contributed by atoms with Crippen molar-refractivity contribution in [3.05, 3.63) is 87.9 Å². The zero-order valence-corrected chi connectivity index (χ0v) is 18.7. The Balaban J connectivity index is 1.74. The van der Waals surface area contributed by atoms with Gasteiger partial charge in [0.05, 0.1) is 5.56 Å². The molecule has 0 fully saturated rings. The number of benzene rings is 2. The molecule has 0 bridgehead atoms. The van der Waals surface area contributed by atoms with Crippen molar-refractivity contribution in [1.29, 1.82) is 0 Å². The number of aryl methyl sites for hydroxylation is 1. The lowest BCUT2D eigenvalue weighted by atomic mass is 9.99. The van der Waals surface area contributed by atoms with E-state index in [1.165, 1.54) is 18.3 Å². The molecule has 6 nitrogen and oxygen atoms in total. The number of aromatic nitrogens is 1. The number of hydrogen-bond acceptors (Lipinski definition) is 5. The van der Waals surface area contributed by atoms with Crippen LogP contribution in [0.1, 0.15) is 49.7 Å². The number of carbonyl (C=O) groups excluding carboxylic acids is 3. The van der Waals surface area contributed by atoms with Crippen LogP contribution in [0.5, 0.6) is 0 Å². The van der Waals surface area contributed by atoms with E-state index >= 15 is 0 Å². The fourth-order valence-corrected chi connectivity index (χ4v) is 4.70. The summed E-state index contributed by atoms with van der Waals surface area (Å²) in [6, 6.07) is 16.4. The van der Waals surface area contributed by atoms with Crippen molar-refractivity contribution < 1.29 is 19.1 Å². The molecular weight excluding hydrogens is 424 g/mol. The number of hydrogen-bond donors (Lipinski definition) is 2. The number of thiophene rings is 1. The van der Waals surface area contributed by atoms with Crippen LogP contribution < -0.4 is 5.32 Å². The highest BCUT2D eigenvalue weighted by Gasteiger charge is 2.31. The molecule has 0 saturated carbocycles. The van der Waals surface area contributed by atoms with E-state index in [9.17, 15) is 14.4 Å². The largest absolute Gasteiger partial charge is 0.445 e. The molecule has 2 aromatic carbocycles. The summed E-state index contributed by atoms with van der Waals surface area (Å²) in [5.74, 6) is -1.26. The van der Waals surface area contributed by atoms with E-state index in [4.69, 9.17) is 4.74 Å². The second-order valence-corrected chi connectivity index (χ2v) is 8.70.